The molecule has 0 fully saturated rings. The molecule has 0 aliphatic rings. The summed E-state index contributed by atoms with van der Waals surface area (Å²) in [6.07, 6.45) is 1.05. The number of carbonyl (C=O) groups is 1. The van der Waals surface area contributed by atoms with E-state index in [9.17, 15) is 9.36 Å². The molecule has 1 atom stereocenters. The third-order valence-electron chi connectivity index (χ3n) is 2.49. The van der Waals surface area contributed by atoms with Gasteiger partial charge in [0.2, 0.25) is 0 Å². The summed E-state index contributed by atoms with van der Waals surface area (Å²) in [7, 11) is -4.42. The van der Waals surface area contributed by atoms with E-state index in [0.717, 1.165) is 0 Å². The first-order valence-electron chi connectivity index (χ1n) is 5.20. The molecule has 0 amide bonds. The maximum atomic E-state index is 11.8. The lowest BCUT2D eigenvalue weighted by Gasteiger charge is -2.26. The summed E-state index contributed by atoms with van der Waals surface area (Å²) in [4.78, 5) is 30.0. The third-order valence-corrected chi connectivity index (χ3v) is 4.17. The zero-order chi connectivity index (χ0) is 13.0. The van der Waals surface area contributed by atoms with Crippen molar-refractivity contribution >= 4 is 13.4 Å². The van der Waals surface area contributed by atoms with Gasteiger partial charge in [-0.05, 0) is 13.8 Å². The molecule has 16 heavy (non-hydrogen) atoms. The van der Waals surface area contributed by atoms with Crippen LogP contribution in [0.2, 0.25) is 0 Å². The highest BCUT2D eigenvalue weighted by molar-refractivity contribution is 7.54. The molecule has 0 radical (unpaired) electrons. The number of ketones is 1. The summed E-state index contributed by atoms with van der Waals surface area (Å²) in [6.45, 7) is 6.10. The van der Waals surface area contributed by atoms with E-state index < -0.39 is 24.5 Å². The predicted octanol–water partition coefficient (Wildman–Crippen LogP) is 1.95. The zero-order valence-electron chi connectivity index (χ0n) is 10.1. The van der Waals surface area contributed by atoms with Gasteiger partial charge in [0.1, 0.15) is 5.16 Å². The summed E-state index contributed by atoms with van der Waals surface area (Å²) >= 11 is 0. The smallest absolute Gasteiger partial charge is 0.324 e. The molecule has 1 unspecified atom stereocenters. The average molecular weight is 246 g/mol. The van der Waals surface area contributed by atoms with Crippen LogP contribution in [0.3, 0.4) is 0 Å². The molecule has 0 bridgehead atoms. The zero-order valence-corrected chi connectivity index (χ0v) is 11.0. The highest BCUT2D eigenvalue weighted by Gasteiger charge is 2.45. The highest BCUT2D eigenvalue weighted by Crippen LogP contribution is 2.51. The lowest BCUT2D eigenvalue weighted by molar-refractivity contribution is -0.124. The maximum absolute atomic E-state index is 11.8. The van der Waals surface area contributed by atoms with E-state index in [1.54, 1.807) is 6.92 Å². The van der Waals surface area contributed by atoms with Crippen molar-refractivity contribution in [2.45, 2.75) is 45.7 Å². The van der Waals surface area contributed by atoms with Crippen molar-refractivity contribution in [3.8, 4) is 11.8 Å². The first-order valence-corrected chi connectivity index (χ1v) is 6.81. The van der Waals surface area contributed by atoms with Crippen molar-refractivity contribution in [2.24, 2.45) is 5.92 Å². The van der Waals surface area contributed by atoms with Crippen LogP contribution >= 0.6 is 7.60 Å². The fourth-order valence-electron chi connectivity index (χ4n) is 1.19. The fraction of sp³-hybridized carbons (Fsp3) is 0.727. The van der Waals surface area contributed by atoms with E-state index in [0.29, 0.717) is 12.8 Å². The minimum absolute atomic E-state index is 0.343. The van der Waals surface area contributed by atoms with Crippen molar-refractivity contribution in [3.05, 3.63) is 0 Å². The van der Waals surface area contributed by atoms with Gasteiger partial charge in [0.25, 0.3) is 0 Å². The van der Waals surface area contributed by atoms with Crippen LogP contribution in [0.5, 0.6) is 0 Å². The Balaban J connectivity index is 4.74. The van der Waals surface area contributed by atoms with Crippen molar-refractivity contribution in [2.75, 3.05) is 0 Å². The van der Waals surface area contributed by atoms with E-state index >= 15 is 0 Å². The molecule has 2 N–H and O–H groups in total. The molecule has 0 spiro atoms. The number of hydrogen-bond donors (Lipinski definition) is 2. The average Bonchev–Trinajstić information content (AvgIpc) is 2.15. The molecule has 4 nitrogen and oxygen atoms in total. The second kappa shape index (κ2) is 5.63. The first-order chi connectivity index (χ1) is 7.14. The minimum atomic E-state index is -4.42. The number of hydrogen-bond acceptors (Lipinski definition) is 2. The van der Waals surface area contributed by atoms with Crippen molar-refractivity contribution < 1.29 is 19.1 Å². The van der Waals surface area contributed by atoms with Gasteiger partial charge in [-0.3, -0.25) is 9.36 Å². The Bertz CT molecular complexity index is 356. The Morgan fingerprint density at radius 1 is 1.38 bits per heavy atom. The first kappa shape index (κ1) is 15.4. The number of Topliss-reactive ketones (excluding diaryl/α,β-unsaturated/α-hetero) is 1. The molecule has 0 saturated carbocycles. The summed E-state index contributed by atoms with van der Waals surface area (Å²) in [5, 5.41) is -1.62. The molecule has 0 aromatic rings. The summed E-state index contributed by atoms with van der Waals surface area (Å²) in [5.41, 5.74) is 0. The quantitative estimate of drug-likeness (QED) is 0.587. The lowest BCUT2D eigenvalue weighted by Crippen LogP contribution is -2.35. The Morgan fingerprint density at radius 3 is 2.25 bits per heavy atom. The van der Waals surface area contributed by atoms with Crippen LogP contribution in [-0.4, -0.2) is 20.7 Å². The molecule has 0 aromatic heterocycles. The second-order valence-corrected chi connectivity index (χ2v) is 6.49. The molecule has 5 heteroatoms. The molecular formula is C11H19O4P. The SMILES string of the molecule is CCC#CCC(C)C(=O)C(C)(C)P(=O)(O)O. The van der Waals surface area contributed by atoms with E-state index in [1.165, 1.54) is 13.8 Å². The van der Waals surface area contributed by atoms with Gasteiger partial charge in [0.15, 0.2) is 5.78 Å². The lowest BCUT2D eigenvalue weighted by atomic mass is 9.93. The van der Waals surface area contributed by atoms with Crippen LogP contribution < -0.4 is 0 Å². The van der Waals surface area contributed by atoms with E-state index in [-0.39, 0.29) is 0 Å². The molecule has 92 valence electrons. The van der Waals surface area contributed by atoms with Gasteiger partial charge in [-0.1, -0.05) is 13.8 Å². The second-order valence-electron chi connectivity index (χ2n) is 4.28. The molecule has 0 aliphatic heterocycles. The molecule has 0 saturated heterocycles. The Hall–Kier alpha value is -0.620. The summed E-state index contributed by atoms with van der Waals surface area (Å²) in [5.74, 6) is 4.75. The Kier molecular flexibility index (Phi) is 5.41. The van der Waals surface area contributed by atoms with Gasteiger partial charge in [-0.25, -0.2) is 0 Å². The molecule has 0 aromatic carbocycles. The van der Waals surface area contributed by atoms with Gasteiger partial charge in [-0.15, -0.1) is 11.8 Å². The van der Waals surface area contributed by atoms with Crippen LogP contribution in [0.25, 0.3) is 0 Å². The van der Waals surface area contributed by atoms with Crippen molar-refractivity contribution in [1.82, 2.24) is 0 Å². The van der Waals surface area contributed by atoms with Crippen LogP contribution in [0, 0.1) is 17.8 Å². The van der Waals surface area contributed by atoms with E-state index in [2.05, 4.69) is 11.8 Å². The summed E-state index contributed by atoms with van der Waals surface area (Å²) < 4.78 is 11.2. The van der Waals surface area contributed by atoms with Crippen molar-refractivity contribution in [1.29, 1.82) is 0 Å². The van der Waals surface area contributed by atoms with Crippen molar-refractivity contribution in [3.63, 3.8) is 0 Å². The van der Waals surface area contributed by atoms with E-state index in [1.807, 2.05) is 6.92 Å². The number of rotatable bonds is 4. The monoisotopic (exact) mass is 246 g/mol. The molecular weight excluding hydrogens is 227 g/mol. The topological polar surface area (TPSA) is 74.6 Å². The molecule has 0 heterocycles. The summed E-state index contributed by atoms with van der Waals surface area (Å²) in [6, 6.07) is 0. The van der Waals surface area contributed by atoms with Gasteiger partial charge in [0.05, 0.1) is 0 Å². The van der Waals surface area contributed by atoms with Crippen LogP contribution in [0.4, 0.5) is 0 Å². The molecule has 0 rings (SSSR count). The Morgan fingerprint density at radius 2 is 1.88 bits per heavy atom. The normalized spacial score (nSPS) is 13.9. The fourth-order valence-corrected chi connectivity index (χ4v) is 1.70. The van der Waals surface area contributed by atoms with Gasteiger partial charge in [0, 0.05) is 18.8 Å². The predicted molar refractivity (Wildman–Crippen MR) is 63.0 cm³/mol. The van der Waals surface area contributed by atoms with Crippen LogP contribution in [0.1, 0.15) is 40.5 Å². The third kappa shape index (κ3) is 3.75. The number of carbonyl (C=O) groups excluding carboxylic acids is 1. The maximum Gasteiger partial charge on any atom is 0.338 e. The van der Waals surface area contributed by atoms with Crippen LogP contribution in [0.15, 0.2) is 0 Å². The molecule has 0 aliphatic carbocycles. The standard InChI is InChI=1S/C11H19O4P/c1-5-6-7-8-9(2)10(12)11(3,4)16(13,14)15/h9H,5,8H2,1-4H3,(H2,13,14,15). The largest absolute Gasteiger partial charge is 0.338 e. The van der Waals surface area contributed by atoms with Gasteiger partial charge >= 0.3 is 7.60 Å². The van der Waals surface area contributed by atoms with Crippen LogP contribution in [-0.2, 0) is 9.36 Å². The highest BCUT2D eigenvalue weighted by atomic mass is 31.2. The Labute approximate surface area is 96.6 Å². The van der Waals surface area contributed by atoms with Gasteiger partial charge < -0.3 is 9.79 Å². The van der Waals surface area contributed by atoms with E-state index in [4.69, 9.17) is 9.79 Å². The van der Waals surface area contributed by atoms with Gasteiger partial charge in [-0.2, -0.15) is 0 Å². The minimum Gasteiger partial charge on any atom is -0.324 e.